The number of hydrogen-bond donors (Lipinski definition) is 2. The first-order valence-electron chi connectivity index (χ1n) is 10.8. The Hall–Kier alpha value is -2.91. The normalized spacial score (nSPS) is 13.2. The van der Waals surface area contributed by atoms with E-state index in [1.807, 2.05) is 12.1 Å². The molecule has 1 aliphatic rings. The van der Waals surface area contributed by atoms with Crippen LogP contribution in [0.5, 0.6) is 11.6 Å². The quantitative estimate of drug-likeness (QED) is 0.469. The third-order valence-corrected chi connectivity index (χ3v) is 6.08. The summed E-state index contributed by atoms with van der Waals surface area (Å²) in [4.78, 5) is 8.65. The highest BCUT2D eigenvalue weighted by Crippen LogP contribution is 2.34. The van der Waals surface area contributed by atoms with E-state index in [0.29, 0.717) is 36.1 Å². The third-order valence-electron chi connectivity index (χ3n) is 4.97. The highest BCUT2D eigenvalue weighted by atomic mass is 32.2. The average molecular weight is 474 g/mol. The predicted molar refractivity (Wildman–Crippen MR) is 125 cm³/mol. The van der Waals surface area contributed by atoms with Crippen LogP contribution in [0, 0.1) is 11.6 Å². The number of nitrogens with one attached hydrogen (secondary N) is 1. The fraction of sp³-hybridized carbons (Fsp3) is 0.333. The number of thioether (sulfide) groups is 1. The Morgan fingerprint density at radius 3 is 2.76 bits per heavy atom. The second-order valence-corrected chi connectivity index (χ2v) is 8.65. The number of benzene rings is 1. The Balaban J connectivity index is 1.64. The van der Waals surface area contributed by atoms with E-state index in [-0.39, 0.29) is 24.5 Å². The van der Waals surface area contributed by atoms with Crippen molar-refractivity contribution in [3.8, 4) is 22.8 Å². The standard InChI is InChI=1S/C24H25F2N3O3S/c25-17-4-5-18-19-13-22(27-14-20(19)26)28-23-10-16(15-33-9-2-1-6-30)11-24(29-23)32-8-3-7-31-21(18)12-17/h4-5,10-14,30H,1-3,6-9,15H2,(H,27,28,29). The monoisotopic (exact) mass is 473 g/mol. The molecule has 0 atom stereocenters. The van der Waals surface area contributed by atoms with Gasteiger partial charge < -0.3 is 19.9 Å². The lowest BCUT2D eigenvalue weighted by molar-refractivity contribution is 0.242. The summed E-state index contributed by atoms with van der Waals surface area (Å²) in [6.07, 6.45) is 3.41. The first-order chi connectivity index (χ1) is 16.1. The van der Waals surface area contributed by atoms with Crippen LogP contribution >= 0.6 is 11.8 Å². The molecule has 4 bridgehead atoms. The maximum atomic E-state index is 14.7. The molecule has 2 aromatic heterocycles. The highest BCUT2D eigenvalue weighted by Gasteiger charge is 2.15. The van der Waals surface area contributed by atoms with E-state index in [1.54, 1.807) is 17.8 Å². The second-order valence-electron chi connectivity index (χ2n) is 7.55. The molecule has 1 aliphatic heterocycles. The number of ether oxygens (including phenoxy) is 2. The van der Waals surface area contributed by atoms with Gasteiger partial charge in [0.15, 0.2) is 0 Å². The summed E-state index contributed by atoms with van der Waals surface area (Å²) in [5.41, 5.74) is 1.73. The van der Waals surface area contributed by atoms with Crippen LogP contribution in [0.4, 0.5) is 20.4 Å². The van der Waals surface area contributed by atoms with E-state index in [9.17, 15) is 8.78 Å². The fourth-order valence-corrected chi connectivity index (χ4v) is 4.34. The van der Waals surface area contributed by atoms with E-state index < -0.39 is 11.6 Å². The smallest absolute Gasteiger partial charge is 0.215 e. The van der Waals surface area contributed by atoms with Crippen molar-refractivity contribution in [3.05, 3.63) is 59.8 Å². The van der Waals surface area contributed by atoms with Crippen molar-refractivity contribution in [1.29, 1.82) is 0 Å². The van der Waals surface area contributed by atoms with Crippen molar-refractivity contribution >= 4 is 23.4 Å². The SMILES string of the molecule is OCCCCSCc1cc2nc(c1)OCCCOc1cc(F)ccc1-c1cc(ncc1F)N2. The van der Waals surface area contributed by atoms with Gasteiger partial charge in [-0.25, -0.2) is 13.8 Å². The molecule has 3 heterocycles. The number of anilines is 2. The lowest BCUT2D eigenvalue weighted by atomic mass is 10.0. The number of halogens is 2. The number of fused-ring (bicyclic) bond motifs is 6. The molecule has 0 saturated heterocycles. The Bertz CT molecular complexity index is 1100. The van der Waals surface area contributed by atoms with Crippen molar-refractivity contribution in [2.75, 3.05) is 30.9 Å². The van der Waals surface area contributed by atoms with Crippen molar-refractivity contribution in [1.82, 2.24) is 9.97 Å². The van der Waals surface area contributed by atoms with Crippen LogP contribution in [0.25, 0.3) is 11.1 Å². The van der Waals surface area contributed by atoms with Crippen LogP contribution < -0.4 is 14.8 Å². The molecular weight excluding hydrogens is 448 g/mol. The molecule has 0 fully saturated rings. The summed E-state index contributed by atoms with van der Waals surface area (Å²) in [5, 5.41) is 12.1. The lowest BCUT2D eigenvalue weighted by Gasteiger charge is -2.16. The predicted octanol–water partition coefficient (Wildman–Crippen LogP) is 5.33. The van der Waals surface area contributed by atoms with E-state index in [2.05, 4.69) is 15.3 Å². The van der Waals surface area contributed by atoms with E-state index in [4.69, 9.17) is 14.6 Å². The fourth-order valence-electron chi connectivity index (χ4n) is 3.39. The maximum Gasteiger partial charge on any atom is 0.215 e. The van der Waals surface area contributed by atoms with Gasteiger partial charge in [0, 0.05) is 42.0 Å². The van der Waals surface area contributed by atoms with Gasteiger partial charge in [-0.15, -0.1) is 0 Å². The van der Waals surface area contributed by atoms with Crippen LogP contribution in [0.3, 0.4) is 0 Å². The van der Waals surface area contributed by atoms with E-state index in [0.717, 1.165) is 36.1 Å². The van der Waals surface area contributed by atoms with Gasteiger partial charge in [-0.3, -0.25) is 0 Å². The molecule has 0 unspecified atom stereocenters. The molecule has 0 spiro atoms. The Labute approximate surface area is 195 Å². The van der Waals surface area contributed by atoms with Crippen LogP contribution in [0.1, 0.15) is 24.8 Å². The van der Waals surface area contributed by atoms with Gasteiger partial charge in [0.2, 0.25) is 5.88 Å². The summed E-state index contributed by atoms with van der Waals surface area (Å²) < 4.78 is 40.1. The van der Waals surface area contributed by atoms with E-state index >= 15 is 0 Å². The van der Waals surface area contributed by atoms with Crippen molar-refractivity contribution in [2.45, 2.75) is 25.0 Å². The number of nitrogens with zero attached hydrogens (tertiary/aromatic N) is 2. The van der Waals surface area contributed by atoms with Crippen molar-refractivity contribution < 1.29 is 23.4 Å². The zero-order valence-electron chi connectivity index (χ0n) is 18.0. The maximum absolute atomic E-state index is 14.7. The van der Waals surface area contributed by atoms with Crippen molar-refractivity contribution in [2.24, 2.45) is 0 Å². The first-order valence-corrected chi connectivity index (χ1v) is 12.0. The van der Waals surface area contributed by atoms with Gasteiger partial charge in [-0.05, 0) is 48.4 Å². The van der Waals surface area contributed by atoms with Crippen LogP contribution in [-0.4, -0.2) is 40.6 Å². The van der Waals surface area contributed by atoms with Gasteiger partial charge in [0.25, 0.3) is 0 Å². The molecular formula is C24H25F2N3O3S. The molecule has 2 N–H and O–H groups in total. The van der Waals surface area contributed by atoms with Gasteiger partial charge >= 0.3 is 0 Å². The number of aromatic nitrogens is 2. The highest BCUT2D eigenvalue weighted by molar-refractivity contribution is 7.98. The second kappa shape index (κ2) is 11.3. The molecule has 3 aromatic rings. The summed E-state index contributed by atoms with van der Waals surface area (Å²) in [6.45, 7) is 0.848. The molecule has 0 aliphatic carbocycles. The summed E-state index contributed by atoms with van der Waals surface area (Å²) in [7, 11) is 0. The van der Waals surface area contributed by atoms with E-state index in [1.165, 1.54) is 18.2 Å². The summed E-state index contributed by atoms with van der Waals surface area (Å²) >= 11 is 1.77. The lowest BCUT2D eigenvalue weighted by Crippen LogP contribution is -2.08. The molecule has 6 nitrogen and oxygen atoms in total. The number of unbranched alkanes of at least 4 members (excludes halogenated alkanes) is 1. The minimum Gasteiger partial charge on any atom is -0.493 e. The zero-order chi connectivity index (χ0) is 23.0. The number of pyridine rings is 2. The van der Waals surface area contributed by atoms with Gasteiger partial charge in [0.05, 0.1) is 19.4 Å². The van der Waals surface area contributed by atoms with Crippen LogP contribution in [0.2, 0.25) is 0 Å². The molecule has 0 radical (unpaired) electrons. The van der Waals surface area contributed by atoms with Gasteiger partial charge in [-0.1, -0.05) is 0 Å². The van der Waals surface area contributed by atoms with Crippen molar-refractivity contribution in [3.63, 3.8) is 0 Å². The Morgan fingerprint density at radius 1 is 1.00 bits per heavy atom. The topological polar surface area (TPSA) is 76.5 Å². The third kappa shape index (κ3) is 6.33. The molecule has 1 aromatic carbocycles. The molecule has 174 valence electrons. The summed E-state index contributed by atoms with van der Waals surface area (Å²) in [5.74, 6) is 2.39. The number of rotatable bonds is 6. The van der Waals surface area contributed by atoms with Gasteiger partial charge in [-0.2, -0.15) is 16.7 Å². The van der Waals surface area contributed by atoms with Crippen LogP contribution in [-0.2, 0) is 5.75 Å². The first kappa shape index (κ1) is 23.3. The Morgan fingerprint density at radius 2 is 1.88 bits per heavy atom. The minimum absolute atomic E-state index is 0.206. The molecule has 9 heteroatoms. The number of aliphatic hydroxyl groups excluding tert-OH is 1. The molecule has 4 rings (SSSR count). The van der Waals surface area contributed by atoms with Gasteiger partial charge in [0.1, 0.15) is 29.0 Å². The minimum atomic E-state index is -0.533. The average Bonchev–Trinajstić information content (AvgIpc) is 2.80. The molecule has 33 heavy (non-hydrogen) atoms. The number of hydrogen-bond acceptors (Lipinski definition) is 7. The molecule has 0 amide bonds. The zero-order valence-corrected chi connectivity index (χ0v) is 18.8. The van der Waals surface area contributed by atoms with Crippen LogP contribution in [0.15, 0.2) is 42.6 Å². The Kier molecular flexibility index (Phi) is 7.96. The largest absolute Gasteiger partial charge is 0.493 e. The number of aliphatic hydroxyl groups is 1. The summed E-state index contributed by atoms with van der Waals surface area (Å²) in [6, 6.07) is 9.39. The molecule has 0 saturated carbocycles.